The number of aryl methyl sites for hydroxylation is 1. The second-order valence-electron chi connectivity index (χ2n) is 11.1. The summed E-state index contributed by atoms with van der Waals surface area (Å²) in [5, 5.41) is 7.28. The topological polar surface area (TPSA) is 56.2 Å². The molecule has 1 fully saturated rings. The summed E-state index contributed by atoms with van der Waals surface area (Å²) in [6.45, 7) is 6.89. The van der Waals surface area contributed by atoms with Crippen LogP contribution in [-0.4, -0.2) is 40.6 Å². The molecule has 0 aromatic carbocycles. The molecular weight excluding hydrogens is 429 g/mol. The van der Waals surface area contributed by atoms with Crippen LogP contribution in [0, 0.1) is 11.8 Å². The summed E-state index contributed by atoms with van der Waals surface area (Å²) in [7, 11) is 1.61. The van der Waals surface area contributed by atoms with Crippen molar-refractivity contribution in [3.05, 3.63) is 40.8 Å². The smallest absolute Gasteiger partial charge is 0.271 e. The molecule has 0 saturated heterocycles. The molecule has 1 amide bonds. The third-order valence-electron chi connectivity index (χ3n) is 8.06. The van der Waals surface area contributed by atoms with Crippen LogP contribution in [0.15, 0.2) is 23.8 Å². The molecule has 34 heavy (non-hydrogen) atoms. The lowest BCUT2D eigenvalue weighted by Gasteiger charge is -2.32. The molecule has 3 unspecified atom stereocenters. The van der Waals surface area contributed by atoms with Crippen LogP contribution in [-0.2, 0) is 24.1 Å². The fraction of sp³-hybridized carbons (Fsp3) is 0.714. The maximum atomic E-state index is 14.7. The second kappa shape index (κ2) is 10.8. The highest BCUT2D eigenvalue weighted by Gasteiger charge is 2.35. The first-order chi connectivity index (χ1) is 16.3. The predicted octanol–water partition coefficient (Wildman–Crippen LogP) is 5.73. The van der Waals surface area contributed by atoms with Crippen molar-refractivity contribution in [1.29, 1.82) is 0 Å². The number of halogens is 1. The molecule has 3 atom stereocenters. The van der Waals surface area contributed by atoms with Crippen molar-refractivity contribution in [3.8, 4) is 0 Å². The molecule has 1 aromatic rings. The zero-order valence-corrected chi connectivity index (χ0v) is 21.4. The first-order valence-corrected chi connectivity index (χ1v) is 13.3. The van der Waals surface area contributed by atoms with Crippen LogP contribution in [0.1, 0.15) is 93.9 Å². The second-order valence-corrected chi connectivity index (χ2v) is 11.1. The number of hydrogen-bond acceptors (Lipinski definition) is 3. The van der Waals surface area contributed by atoms with Crippen molar-refractivity contribution in [2.24, 2.45) is 11.8 Å². The minimum absolute atomic E-state index is 0.213. The summed E-state index contributed by atoms with van der Waals surface area (Å²) in [6, 6.07) is 0. The molecule has 0 spiro atoms. The summed E-state index contributed by atoms with van der Waals surface area (Å²) in [5.41, 5.74) is 2.35. The van der Waals surface area contributed by atoms with Crippen molar-refractivity contribution in [2.45, 2.75) is 109 Å². The summed E-state index contributed by atoms with van der Waals surface area (Å²) < 4.78 is 23.2. The Hall–Kier alpha value is -1.95. The van der Waals surface area contributed by atoms with Gasteiger partial charge in [-0.15, -0.1) is 0 Å². The van der Waals surface area contributed by atoms with E-state index in [1.165, 1.54) is 24.8 Å². The van der Waals surface area contributed by atoms with E-state index in [1.807, 2.05) is 4.68 Å². The van der Waals surface area contributed by atoms with Crippen molar-refractivity contribution in [3.63, 3.8) is 0 Å². The van der Waals surface area contributed by atoms with Gasteiger partial charge in [-0.25, -0.2) is 4.39 Å². The van der Waals surface area contributed by atoms with Gasteiger partial charge in [0.1, 0.15) is 5.67 Å². The van der Waals surface area contributed by atoms with Crippen molar-refractivity contribution < 1.29 is 13.9 Å². The summed E-state index contributed by atoms with van der Waals surface area (Å²) in [4.78, 5) is 12.3. The van der Waals surface area contributed by atoms with E-state index in [0.717, 1.165) is 49.4 Å². The number of hydrogen-bond donors (Lipinski definition) is 1. The highest BCUT2D eigenvalue weighted by molar-refractivity contribution is 5.93. The highest BCUT2D eigenvalue weighted by atomic mass is 19.1. The number of ether oxygens (including phenoxy) is 1. The lowest BCUT2D eigenvalue weighted by Crippen LogP contribution is -2.30. The number of allylic oxidation sites excluding steroid dienone is 3. The fourth-order valence-electron chi connectivity index (χ4n) is 5.91. The molecule has 0 aliphatic heterocycles. The van der Waals surface area contributed by atoms with E-state index < -0.39 is 5.67 Å². The van der Waals surface area contributed by atoms with E-state index in [0.29, 0.717) is 30.6 Å². The lowest BCUT2D eigenvalue weighted by atomic mass is 9.84. The maximum absolute atomic E-state index is 14.7. The van der Waals surface area contributed by atoms with Gasteiger partial charge in [0.2, 0.25) is 0 Å². The van der Waals surface area contributed by atoms with Crippen molar-refractivity contribution in [1.82, 2.24) is 15.1 Å². The Balaban J connectivity index is 1.27. The molecule has 188 valence electrons. The van der Waals surface area contributed by atoms with E-state index in [2.05, 4.69) is 42.5 Å². The number of carbonyl (C=O) groups is 1. The highest BCUT2D eigenvalue weighted by Crippen LogP contribution is 2.35. The molecule has 0 bridgehead atoms. The van der Waals surface area contributed by atoms with Gasteiger partial charge in [-0.3, -0.25) is 9.48 Å². The van der Waals surface area contributed by atoms with Crippen LogP contribution >= 0.6 is 0 Å². The minimum Gasteiger partial charge on any atom is -0.371 e. The monoisotopic (exact) mass is 471 g/mol. The molecule has 6 heteroatoms. The van der Waals surface area contributed by atoms with Gasteiger partial charge in [-0.1, -0.05) is 25.2 Å². The summed E-state index contributed by atoms with van der Waals surface area (Å²) >= 11 is 0. The summed E-state index contributed by atoms with van der Waals surface area (Å²) in [6.07, 6.45) is 16.7. The van der Waals surface area contributed by atoms with Gasteiger partial charge in [-0.2, -0.15) is 5.10 Å². The molecule has 1 N–H and O–H groups in total. The Labute approximate surface area is 204 Å². The standard InChI is InChI=1S/C28H42FN3O2/c1-19-7-5-8-20(2)25(17-19)34-22-12-10-21(11-13-22)9-6-16-32-24-14-15-28(3,29)18-23(24)26(31-32)27(33)30-4/h5,7-8,19,21-22,25H,6,9-18H2,1-4H3,(H,30,33). The van der Waals surface area contributed by atoms with Crippen LogP contribution in [0.2, 0.25) is 0 Å². The van der Waals surface area contributed by atoms with Gasteiger partial charge < -0.3 is 10.1 Å². The van der Waals surface area contributed by atoms with Crippen LogP contribution in [0.25, 0.3) is 0 Å². The van der Waals surface area contributed by atoms with E-state index in [-0.39, 0.29) is 18.4 Å². The number of nitrogens with one attached hydrogen (secondary N) is 1. The van der Waals surface area contributed by atoms with E-state index in [9.17, 15) is 9.18 Å². The normalized spacial score (nSPS) is 31.5. The van der Waals surface area contributed by atoms with Gasteiger partial charge >= 0.3 is 0 Å². The average molecular weight is 472 g/mol. The number of aromatic nitrogens is 2. The number of alkyl halides is 1. The van der Waals surface area contributed by atoms with Crippen molar-refractivity contribution >= 4 is 5.91 Å². The number of carbonyl (C=O) groups excluding carboxylic acids is 1. The number of rotatable bonds is 7. The van der Waals surface area contributed by atoms with Crippen LogP contribution in [0.3, 0.4) is 0 Å². The van der Waals surface area contributed by atoms with Gasteiger partial charge in [0, 0.05) is 31.3 Å². The Bertz CT molecular complexity index is 924. The first-order valence-electron chi connectivity index (χ1n) is 13.3. The summed E-state index contributed by atoms with van der Waals surface area (Å²) in [5.74, 6) is 1.07. The molecule has 1 aromatic heterocycles. The molecule has 1 saturated carbocycles. The lowest BCUT2D eigenvalue weighted by molar-refractivity contribution is -0.0269. The quantitative estimate of drug-likeness (QED) is 0.553. The average Bonchev–Trinajstić information content (AvgIpc) is 3.06. The van der Waals surface area contributed by atoms with Crippen LogP contribution in [0.5, 0.6) is 0 Å². The molecule has 5 nitrogen and oxygen atoms in total. The van der Waals surface area contributed by atoms with Gasteiger partial charge in [0.05, 0.1) is 12.2 Å². The van der Waals surface area contributed by atoms with Crippen molar-refractivity contribution in [2.75, 3.05) is 7.05 Å². The predicted molar refractivity (Wildman–Crippen MR) is 134 cm³/mol. The fourth-order valence-corrected chi connectivity index (χ4v) is 5.91. The van der Waals surface area contributed by atoms with E-state index in [1.54, 1.807) is 14.0 Å². The maximum Gasteiger partial charge on any atom is 0.271 e. The molecule has 0 radical (unpaired) electrons. The Kier molecular flexibility index (Phi) is 7.96. The molecule has 3 aliphatic carbocycles. The zero-order chi connectivity index (χ0) is 24.3. The van der Waals surface area contributed by atoms with Crippen LogP contribution < -0.4 is 5.32 Å². The van der Waals surface area contributed by atoms with E-state index >= 15 is 0 Å². The number of nitrogens with zero attached hydrogens (tertiary/aromatic N) is 2. The zero-order valence-electron chi connectivity index (χ0n) is 21.4. The number of fused-ring (bicyclic) bond motifs is 1. The third kappa shape index (κ3) is 5.99. The largest absolute Gasteiger partial charge is 0.371 e. The Morgan fingerprint density at radius 2 is 2.09 bits per heavy atom. The van der Waals surface area contributed by atoms with E-state index in [4.69, 9.17) is 4.74 Å². The van der Waals surface area contributed by atoms with Gasteiger partial charge in [0.15, 0.2) is 5.69 Å². The van der Waals surface area contributed by atoms with Gasteiger partial charge in [-0.05, 0) is 89.0 Å². The number of amides is 1. The molecule has 1 heterocycles. The Morgan fingerprint density at radius 1 is 1.32 bits per heavy atom. The molecular formula is C28H42FN3O2. The SMILES string of the molecule is CNC(=O)c1nn(CCCC2CCC(OC3CC(C)C=CC=C3C)CC2)c2c1CC(C)(F)CC2. The third-order valence-corrected chi connectivity index (χ3v) is 8.06. The van der Waals surface area contributed by atoms with Gasteiger partial charge in [0.25, 0.3) is 5.91 Å². The van der Waals surface area contributed by atoms with Crippen LogP contribution in [0.4, 0.5) is 4.39 Å². The first kappa shape index (κ1) is 25.2. The molecule has 4 rings (SSSR count). The molecule has 3 aliphatic rings. The Morgan fingerprint density at radius 3 is 2.82 bits per heavy atom. The minimum atomic E-state index is -1.26.